The molecule has 0 saturated heterocycles. The van der Waals surface area contributed by atoms with Crippen molar-refractivity contribution in [2.24, 2.45) is 0 Å². The van der Waals surface area contributed by atoms with Crippen molar-refractivity contribution in [2.45, 2.75) is 13.3 Å². The number of methoxy groups -OCH3 is 2. The number of ether oxygens (including phenoxy) is 2. The van der Waals surface area contributed by atoms with Crippen LogP contribution in [0.4, 0.5) is 6.01 Å². The van der Waals surface area contributed by atoms with Crippen LogP contribution in [0.2, 0.25) is 0 Å². The van der Waals surface area contributed by atoms with Crippen LogP contribution in [0.3, 0.4) is 0 Å². The smallest absolute Gasteiger partial charge is 0.321 e. The maximum atomic E-state index is 5.30. The molecule has 3 rings (SSSR count). The predicted molar refractivity (Wildman–Crippen MR) is 96.2 cm³/mol. The van der Waals surface area contributed by atoms with Gasteiger partial charge in [0.1, 0.15) is 0 Å². The van der Waals surface area contributed by atoms with Crippen LogP contribution < -0.4 is 14.8 Å². The molecule has 1 heterocycles. The molecule has 0 aliphatic heterocycles. The van der Waals surface area contributed by atoms with Crippen molar-refractivity contribution in [2.75, 3.05) is 26.1 Å². The second-order valence-electron chi connectivity index (χ2n) is 5.66. The van der Waals surface area contributed by atoms with E-state index in [1.807, 2.05) is 18.2 Å². The molecular formula is C19H21N3O3. The van der Waals surface area contributed by atoms with Gasteiger partial charge in [-0.05, 0) is 37.1 Å². The van der Waals surface area contributed by atoms with Crippen molar-refractivity contribution in [3.05, 3.63) is 53.6 Å². The molecule has 6 heteroatoms. The van der Waals surface area contributed by atoms with E-state index in [0.29, 0.717) is 23.3 Å². The third kappa shape index (κ3) is 4.09. The fourth-order valence-corrected chi connectivity index (χ4v) is 2.46. The van der Waals surface area contributed by atoms with Crippen LogP contribution in [-0.2, 0) is 6.42 Å². The molecule has 130 valence electrons. The van der Waals surface area contributed by atoms with Gasteiger partial charge in [-0.25, -0.2) is 0 Å². The normalized spacial score (nSPS) is 10.5. The number of nitrogens with zero attached hydrogens (tertiary/aromatic N) is 2. The molecule has 0 amide bonds. The van der Waals surface area contributed by atoms with Crippen LogP contribution in [0, 0.1) is 6.92 Å². The fraction of sp³-hybridized carbons (Fsp3) is 0.263. The van der Waals surface area contributed by atoms with Gasteiger partial charge in [0.15, 0.2) is 11.5 Å². The summed E-state index contributed by atoms with van der Waals surface area (Å²) < 4.78 is 15.8. The van der Waals surface area contributed by atoms with Gasteiger partial charge in [-0.3, -0.25) is 0 Å². The molecule has 3 aromatic rings. The van der Waals surface area contributed by atoms with Crippen molar-refractivity contribution in [3.8, 4) is 22.9 Å². The highest BCUT2D eigenvalue weighted by molar-refractivity contribution is 5.61. The van der Waals surface area contributed by atoms with Crippen LogP contribution >= 0.6 is 0 Å². The molecule has 0 bridgehead atoms. The van der Waals surface area contributed by atoms with Crippen molar-refractivity contribution in [3.63, 3.8) is 0 Å². The summed E-state index contributed by atoms with van der Waals surface area (Å²) in [5, 5.41) is 7.16. The number of hydrogen-bond acceptors (Lipinski definition) is 6. The van der Waals surface area contributed by atoms with E-state index in [1.54, 1.807) is 14.2 Å². The summed E-state index contributed by atoms with van der Waals surface area (Å²) in [6.45, 7) is 2.80. The zero-order chi connectivity index (χ0) is 17.6. The Kier molecular flexibility index (Phi) is 5.18. The largest absolute Gasteiger partial charge is 0.493 e. The quantitative estimate of drug-likeness (QED) is 0.707. The van der Waals surface area contributed by atoms with Crippen LogP contribution in [0.25, 0.3) is 11.4 Å². The summed E-state index contributed by atoms with van der Waals surface area (Å²) in [5.74, 6) is 1.78. The van der Waals surface area contributed by atoms with Crippen LogP contribution in [0.5, 0.6) is 11.5 Å². The lowest BCUT2D eigenvalue weighted by atomic mass is 10.1. The molecule has 1 aromatic heterocycles. The van der Waals surface area contributed by atoms with E-state index in [-0.39, 0.29) is 0 Å². The molecule has 0 aliphatic rings. The Hall–Kier alpha value is -3.02. The third-order valence-corrected chi connectivity index (χ3v) is 3.88. The first-order valence-corrected chi connectivity index (χ1v) is 8.05. The van der Waals surface area contributed by atoms with Crippen molar-refractivity contribution < 1.29 is 14.0 Å². The highest BCUT2D eigenvalue weighted by Gasteiger charge is 2.11. The molecule has 25 heavy (non-hydrogen) atoms. The molecule has 0 spiro atoms. The van der Waals surface area contributed by atoms with E-state index in [2.05, 4.69) is 46.6 Å². The molecule has 0 saturated carbocycles. The second-order valence-corrected chi connectivity index (χ2v) is 5.66. The second kappa shape index (κ2) is 7.70. The third-order valence-electron chi connectivity index (χ3n) is 3.88. The number of nitrogens with one attached hydrogen (secondary N) is 1. The minimum Gasteiger partial charge on any atom is -0.493 e. The Balaban J connectivity index is 1.63. The first kappa shape index (κ1) is 16.8. The standard InChI is InChI=1S/C19H21N3O3/c1-13-4-6-14(7-5-13)10-11-20-19-21-18(22-25-19)15-8-9-16(23-2)17(12-15)24-3/h4-9,12H,10-11H2,1-3H3,(H,20,21,22). The van der Waals surface area contributed by atoms with Gasteiger partial charge in [0, 0.05) is 12.1 Å². The number of anilines is 1. The number of hydrogen-bond donors (Lipinski definition) is 1. The van der Waals surface area contributed by atoms with Crippen molar-refractivity contribution in [1.82, 2.24) is 10.1 Å². The molecule has 6 nitrogen and oxygen atoms in total. The van der Waals surface area contributed by atoms with Crippen LogP contribution in [-0.4, -0.2) is 30.9 Å². The maximum absolute atomic E-state index is 5.30. The minimum atomic E-state index is 0.400. The molecule has 2 aromatic carbocycles. The fourth-order valence-electron chi connectivity index (χ4n) is 2.46. The van der Waals surface area contributed by atoms with Gasteiger partial charge < -0.3 is 19.3 Å². The molecule has 1 N–H and O–H groups in total. The molecule has 0 atom stereocenters. The molecule has 0 aliphatic carbocycles. The topological polar surface area (TPSA) is 69.4 Å². The van der Waals surface area contributed by atoms with Crippen LogP contribution in [0.15, 0.2) is 47.0 Å². The number of rotatable bonds is 7. The lowest BCUT2D eigenvalue weighted by Crippen LogP contribution is -2.05. The summed E-state index contributed by atoms with van der Waals surface area (Å²) in [4.78, 5) is 4.37. The first-order valence-electron chi connectivity index (χ1n) is 8.05. The Morgan fingerprint density at radius 2 is 1.76 bits per heavy atom. The Morgan fingerprint density at radius 3 is 2.48 bits per heavy atom. The lowest BCUT2D eigenvalue weighted by molar-refractivity contribution is 0.355. The van der Waals surface area contributed by atoms with Crippen LogP contribution in [0.1, 0.15) is 11.1 Å². The summed E-state index contributed by atoms with van der Waals surface area (Å²) in [6, 6.07) is 14.4. The molecule has 0 unspecified atom stereocenters. The van der Waals surface area contributed by atoms with Gasteiger partial charge in [0.25, 0.3) is 0 Å². The number of benzene rings is 2. The average molecular weight is 339 g/mol. The van der Waals surface area contributed by atoms with Gasteiger partial charge >= 0.3 is 6.01 Å². The zero-order valence-electron chi connectivity index (χ0n) is 14.6. The summed E-state index contributed by atoms with van der Waals surface area (Å²) in [5.41, 5.74) is 3.32. The van der Waals surface area contributed by atoms with Gasteiger partial charge in [0.05, 0.1) is 14.2 Å². The molecule has 0 fully saturated rings. The zero-order valence-corrected chi connectivity index (χ0v) is 14.6. The predicted octanol–water partition coefficient (Wildman–Crippen LogP) is 3.72. The van der Waals surface area contributed by atoms with Gasteiger partial charge in [-0.1, -0.05) is 35.0 Å². The lowest BCUT2D eigenvalue weighted by Gasteiger charge is -2.07. The summed E-state index contributed by atoms with van der Waals surface area (Å²) in [6.07, 6.45) is 0.883. The Bertz CT molecular complexity index is 828. The van der Waals surface area contributed by atoms with Gasteiger partial charge in [-0.15, -0.1) is 0 Å². The average Bonchev–Trinajstić information content (AvgIpc) is 3.11. The Labute approximate surface area is 146 Å². The SMILES string of the molecule is COc1ccc(-c2noc(NCCc3ccc(C)cc3)n2)cc1OC. The highest BCUT2D eigenvalue weighted by Crippen LogP contribution is 2.31. The Morgan fingerprint density at radius 1 is 1.00 bits per heavy atom. The van der Waals surface area contributed by atoms with E-state index in [4.69, 9.17) is 14.0 Å². The number of aryl methyl sites for hydroxylation is 1. The maximum Gasteiger partial charge on any atom is 0.321 e. The molecule has 0 radical (unpaired) electrons. The van der Waals surface area contributed by atoms with Crippen molar-refractivity contribution >= 4 is 6.01 Å². The van der Waals surface area contributed by atoms with Crippen molar-refractivity contribution in [1.29, 1.82) is 0 Å². The van der Waals surface area contributed by atoms with Gasteiger partial charge in [0.2, 0.25) is 5.82 Å². The van der Waals surface area contributed by atoms with E-state index >= 15 is 0 Å². The van der Waals surface area contributed by atoms with E-state index < -0.39 is 0 Å². The monoisotopic (exact) mass is 339 g/mol. The van der Waals surface area contributed by atoms with E-state index in [0.717, 1.165) is 18.5 Å². The first-order chi connectivity index (χ1) is 12.2. The van der Waals surface area contributed by atoms with Gasteiger partial charge in [-0.2, -0.15) is 4.98 Å². The van der Waals surface area contributed by atoms with E-state index in [1.165, 1.54) is 11.1 Å². The highest BCUT2D eigenvalue weighted by atomic mass is 16.5. The van der Waals surface area contributed by atoms with E-state index in [9.17, 15) is 0 Å². The number of aromatic nitrogens is 2. The summed E-state index contributed by atoms with van der Waals surface area (Å²) >= 11 is 0. The molecular weight excluding hydrogens is 318 g/mol. The minimum absolute atomic E-state index is 0.400. The summed E-state index contributed by atoms with van der Waals surface area (Å²) in [7, 11) is 3.19.